The Hall–Kier alpha value is -1.96. The zero-order valence-electron chi connectivity index (χ0n) is 12.8. The number of halogens is 1. The maximum absolute atomic E-state index is 6.18. The van der Waals surface area contributed by atoms with Crippen molar-refractivity contribution in [2.24, 2.45) is 5.10 Å². The molecule has 0 amide bonds. The van der Waals surface area contributed by atoms with Crippen LogP contribution in [-0.4, -0.2) is 43.7 Å². The van der Waals surface area contributed by atoms with E-state index in [0.717, 1.165) is 16.7 Å². The van der Waals surface area contributed by atoms with Crippen LogP contribution in [0.25, 0.3) is 10.9 Å². The number of hydrogen-bond donors (Lipinski definition) is 2. The molecule has 1 heterocycles. The van der Waals surface area contributed by atoms with E-state index >= 15 is 0 Å². The lowest BCUT2D eigenvalue weighted by atomic mass is 10.1. The van der Waals surface area contributed by atoms with Gasteiger partial charge in [0, 0.05) is 30.7 Å². The molecule has 2 aromatic rings. The molecule has 8 heteroatoms. The summed E-state index contributed by atoms with van der Waals surface area (Å²) in [7, 11) is 3.24. The Morgan fingerprint density at radius 3 is 2.96 bits per heavy atom. The molecule has 0 saturated carbocycles. The third kappa shape index (κ3) is 5.02. The Balaban J connectivity index is 2.06. The van der Waals surface area contributed by atoms with Crippen LogP contribution < -0.4 is 15.5 Å². The smallest absolute Gasteiger partial charge is 0.187 e. The molecular formula is C15H17ClN4O2S. The van der Waals surface area contributed by atoms with Gasteiger partial charge in [-0.15, -0.1) is 0 Å². The molecule has 2 N–H and O–H groups in total. The first-order valence-corrected chi connectivity index (χ1v) is 7.63. The molecule has 122 valence electrons. The summed E-state index contributed by atoms with van der Waals surface area (Å²) in [6.07, 6.45) is 1.57. The number of fused-ring (bicyclic) bond motifs is 1. The van der Waals surface area contributed by atoms with Crippen molar-refractivity contribution in [3.05, 3.63) is 35.0 Å². The molecular weight excluding hydrogens is 336 g/mol. The summed E-state index contributed by atoms with van der Waals surface area (Å²) in [5.41, 5.74) is 4.16. The molecule has 23 heavy (non-hydrogen) atoms. The van der Waals surface area contributed by atoms with Crippen molar-refractivity contribution in [2.75, 3.05) is 27.4 Å². The quantitative estimate of drug-likeness (QED) is 0.273. The van der Waals surface area contributed by atoms with Crippen molar-refractivity contribution in [3.63, 3.8) is 0 Å². The molecule has 0 aliphatic rings. The van der Waals surface area contributed by atoms with Gasteiger partial charge in [0.25, 0.3) is 0 Å². The van der Waals surface area contributed by atoms with Gasteiger partial charge in [-0.05, 0) is 30.4 Å². The van der Waals surface area contributed by atoms with Crippen molar-refractivity contribution in [1.82, 2.24) is 15.7 Å². The topological polar surface area (TPSA) is 67.8 Å². The van der Waals surface area contributed by atoms with Gasteiger partial charge < -0.3 is 14.8 Å². The number of rotatable bonds is 6. The Kier molecular flexibility index (Phi) is 6.52. The highest BCUT2D eigenvalue weighted by Crippen LogP contribution is 2.23. The average Bonchev–Trinajstić information content (AvgIpc) is 2.55. The monoisotopic (exact) mass is 352 g/mol. The fourth-order valence-corrected chi connectivity index (χ4v) is 2.17. The lowest BCUT2D eigenvalue weighted by Crippen LogP contribution is -2.34. The van der Waals surface area contributed by atoms with Crippen molar-refractivity contribution >= 4 is 46.0 Å². The summed E-state index contributed by atoms with van der Waals surface area (Å²) in [6, 6.07) is 7.51. The standard InChI is InChI=1S/C15H17ClN4O2S/c1-21-6-5-17-15(23)20-18-9-11-7-10-3-4-12(22-2)8-13(10)19-14(11)16/h3-4,7-9H,5-6H2,1-2H3,(H2,17,20,23). The number of hydrazone groups is 1. The van der Waals surface area contributed by atoms with Gasteiger partial charge in [0.2, 0.25) is 0 Å². The van der Waals surface area contributed by atoms with Crippen LogP contribution in [-0.2, 0) is 4.74 Å². The van der Waals surface area contributed by atoms with Crippen LogP contribution in [0.15, 0.2) is 29.4 Å². The summed E-state index contributed by atoms with van der Waals surface area (Å²) in [4.78, 5) is 4.34. The van der Waals surface area contributed by atoms with Gasteiger partial charge in [0.05, 0.1) is 25.4 Å². The highest BCUT2D eigenvalue weighted by atomic mass is 35.5. The summed E-state index contributed by atoms with van der Waals surface area (Å²) in [5, 5.41) is 8.71. The number of pyridine rings is 1. The van der Waals surface area contributed by atoms with E-state index in [1.54, 1.807) is 20.4 Å². The van der Waals surface area contributed by atoms with E-state index in [2.05, 4.69) is 20.8 Å². The van der Waals surface area contributed by atoms with Crippen LogP contribution in [0.2, 0.25) is 5.15 Å². The Labute approximate surface area is 144 Å². The summed E-state index contributed by atoms with van der Waals surface area (Å²) >= 11 is 11.2. The van der Waals surface area contributed by atoms with E-state index in [4.69, 9.17) is 33.3 Å². The molecule has 0 fully saturated rings. The number of thiocarbonyl (C=S) groups is 1. The number of ether oxygens (including phenoxy) is 2. The summed E-state index contributed by atoms with van der Waals surface area (Å²) < 4.78 is 10.1. The molecule has 2 rings (SSSR count). The van der Waals surface area contributed by atoms with Gasteiger partial charge in [0.1, 0.15) is 10.9 Å². The van der Waals surface area contributed by atoms with E-state index in [1.165, 1.54) is 0 Å². The van der Waals surface area contributed by atoms with E-state index in [1.807, 2.05) is 24.3 Å². The van der Waals surface area contributed by atoms with Crippen LogP contribution in [0, 0.1) is 0 Å². The molecule has 0 atom stereocenters. The van der Waals surface area contributed by atoms with Crippen LogP contribution in [0.3, 0.4) is 0 Å². The fraction of sp³-hybridized carbons (Fsp3) is 0.267. The van der Waals surface area contributed by atoms with Gasteiger partial charge >= 0.3 is 0 Å². The molecule has 1 aromatic heterocycles. The Morgan fingerprint density at radius 1 is 1.39 bits per heavy atom. The van der Waals surface area contributed by atoms with E-state index in [0.29, 0.717) is 29.0 Å². The predicted octanol–water partition coefficient (Wildman–Crippen LogP) is 2.34. The maximum Gasteiger partial charge on any atom is 0.187 e. The van der Waals surface area contributed by atoms with Crippen molar-refractivity contribution in [1.29, 1.82) is 0 Å². The highest BCUT2D eigenvalue weighted by Gasteiger charge is 2.04. The first-order chi connectivity index (χ1) is 11.1. The lowest BCUT2D eigenvalue weighted by molar-refractivity contribution is 0.204. The Morgan fingerprint density at radius 2 is 2.22 bits per heavy atom. The third-order valence-corrected chi connectivity index (χ3v) is 3.51. The summed E-state index contributed by atoms with van der Waals surface area (Å²) in [6.45, 7) is 1.17. The number of nitrogens with one attached hydrogen (secondary N) is 2. The molecule has 0 saturated heterocycles. The first-order valence-electron chi connectivity index (χ1n) is 6.84. The third-order valence-electron chi connectivity index (χ3n) is 2.97. The Bertz CT molecular complexity index is 724. The normalized spacial score (nSPS) is 10.9. The van der Waals surface area contributed by atoms with Crippen LogP contribution in [0.5, 0.6) is 5.75 Å². The highest BCUT2D eigenvalue weighted by molar-refractivity contribution is 7.80. The zero-order chi connectivity index (χ0) is 16.7. The van der Waals surface area contributed by atoms with Gasteiger partial charge in [0.15, 0.2) is 5.11 Å². The molecule has 0 radical (unpaired) electrons. The average molecular weight is 353 g/mol. The molecule has 0 bridgehead atoms. The van der Waals surface area contributed by atoms with Crippen LogP contribution in [0.4, 0.5) is 0 Å². The molecule has 1 aromatic carbocycles. The minimum atomic E-state index is 0.356. The second kappa shape index (κ2) is 8.61. The van der Waals surface area contributed by atoms with Crippen molar-refractivity contribution in [2.45, 2.75) is 0 Å². The zero-order valence-corrected chi connectivity index (χ0v) is 14.4. The van der Waals surface area contributed by atoms with Crippen LogP contribution >= 0.6 is 23.8 Å². The van der Waals surface area contributed by atoms with E-state index < -0.39 is 0 Å². The molecule has 6 nitrogen and oxygen atoms in total. The second-order valence-electron chi connectivity index (χ2n) is 4.55. The molecule has 0 aliphatic heterocycles. The van der Waals surface area contributed by atoms with E-state index in [9.17, 15) is 0 Å². The largest absolute Gasteiger partial charge is 0.497 e. The lowest BCUT2D eigenvalue weighted by Gasteiger charge is -2.06. The summed E-state index contributed by atoms with van der Waals surface area (Å²) in [5.74, 6) is 0.733. The number of hydrogen-bond acceptors (Lipinski definition) is 5. The number of benzene rings is 1. The molecule has 0 spiro atoms. The maximum atomic E-state index is 6.18. The number of nitrogens with zero attached hydrogens (tertiary/aromatic N) is 2. The van der Waals surface area contributed by atoms with Crippen molar-refractivity contribution < 1.29 is 9.47 Å². The predicted molar refractivity (Wildman–Crippen MR) is 96.5 cm³/mol. The van der Waals surface area contributed by atoms with Gasteiger partial charge in [-0.3, -0.25) is 5.43 Å². The van der Waals surface area contributed by atoms with Gasteiger partial charge in [-0.2, -0.15) is 5.10 Å². The minimum absolute atomic E-state index is 0.356. The SMILES string of the molecule is COCCNC(=S)NN=Cc1cc2ccc(OC)cc2nc1Cl. The fourth-order valence-electron chi connectivity index (χ4n) is 1.82. The first kappa shape index (κ1) is 17.4. The molecule has 0 unspecified atom stereocenters. The van der Waals surface area contributed by atoms with Gasteiger partial charge in [-0.1, -0.05) is 11.6 Å². The van der Waals surface area contributed by atoms with Gasteiger partial charge in [-0.25, -0.2) is 4.98 Å². The molecule has 0 aliphatic carbocycles. The minimum Gasteiger partial charge on any atom is -0.497 e. The van der Waals surface area contributed by atoms with Crippen LogP contribution in [0.1, 0.15) is 5.56 Å². The van der Waals surface area contributed by atoms with E-state index in [-0.39, 0.29) is 0 Å². The second-order valence-corrected chi connectivity index (χ2v) is 5.31. The number of methoxy groups -OCH3 is 2. The van der Waals surface area contributed by atoms with Crippen molar-refractivity contribution in [3.8, 4) is 5.75 Å². The number of aromatic nitrogens is 1.